The zero-order chi connectivity index (χ0) is 13.8. The van der Waals surface area contributed by atoms with Crippen molar-refractivity contribution in [1.82, 2.24) is 25.1 Å². The van der Waals surface area contributed by atoms with Crippen molar-refractivity contribution in [1.29, 1.82) is 0 Å². The highest BCUT2D eigenvalue weighted by Crippen LogP contribution is 2.19. The van der Waals surface area contributed by atoms with Crippen molar-refractivity contribution < 1.29 is 4.79 Å². The van der Waals surface area contributed by atoms with Crippen LogP contribution in [-0.4, -0.2) is 38.7 Å². The molecule has 7 heteroatoms. The molecule has 0 aliphatic carbocycles. The average Bonchev–Trinajstić information content (AvgIpc) is 2.97. The summed E-state index contributed by atoms with van der Waals surface area (Å²) in [7, 11) is 0. The average molecular weight is 272 g/mol. The van der Waals surface area contributed by atoms with Crippen LogP contribution in [0.3, 0.4) is 0 Å². The van der Waals surface area contributed by atoms with Gasteiger partial charge in [-0.25, -0.2) is 4.98 Å². The van der Waals surface area contributed by atoms with Gasteiger partial charge in [0.15, 0.2) is 0 Å². The topological polar surface area (TPSA) is 84.7 Å². The quantitative estimate of drug-likeness (QED) is 0.865. The first-order chi connectivity index (χ1) is 9.83. The number of hydrogen-bond donors (Lipinski definition) is 2. The molecule has 1 fully saturated rings. The van der Waals surface area contributed by atoms with Gasteiger partial charge in [0.2, 0.25) is 0 Å². The fraction of sp³-hybridized carbons (Fsp3) is 0.385. The van der Waals surface area contributed by atoms with Gasteiger partial charge in [0.05, 0.1) is 24.1 Å². The summed E-state index contributed by atoms with van der Waals surface area (Å²) in [6.07, 6.45) is 10.1. The molecule has 0 saturated carbocycles. The van der Waals surface area contributed by atoms with Gasteiger partial charge in [0, 0.05) is 18.6 Å². The lowest BCUT2D eigenvalue weighted by Crippen LogP contribution is -2.29. The number of carbonyl (C=O) groups excluding carboxylic acids is 1. The Hall–Kier alpha value is -2.28. The van der Waals surface area contributed by atoms with Crippen LogP contribution in [0.25, 0.3) is 0 Å². The number of nitrogens with one attached hydrogen (secondary N) is 2. The van der Waals surface area contributed by atoms with Crippen molar-refractivity contribution in [3.63, 3.8) is 0 Å². The fourth-order valence-electron chi connectivity index (χ4n) is 2.28. The summed E-state index contributed by atoms with van der Waals surface area (Å²) in [5.41, 5.74) is 0.973. The van der Waals surface area contributed by atoms with Crippen molar-refractivity contribution in [2.45, 2.75) is 18.9 Å². The highest BCUT2D eigenvalue weighted by atomic mass is 16.1. The SMILES string of the molecule is O=C(Nc1cnn(C2CCNCC2)c1)c1cnccn1. The van der Waals surface area contributed by atoms with Crippen LogP contribution in [0.15, 0.2) is 31.0 Å². The van der Waals surface area contributed by atoms with Gasteiger partial charge < -0.3 is 10.6 Å². The molecule has 2 aromatic heterocycles. The molecule has 2 N–H and O–H groups in total. The second kappa shape index (κ2) is 5.79. The molecule has 1 aliphatic heterocycles. The van der Waals surface area contributed by atoms with Crippen molar-refractivity contribution in [3.8, 4) is 0 Å². The smallest absolute Gasteiger partial charge is 0.275 e. The number of hydrogen-bond acceptors (Lipinski definition) is 5. The van der Waals surface area contributed by atoms with Crippen molar-refractivity contribution in [2.24, 2.45) is 0 Å². The molecule has 20 heavy (non-hydrogen) atoms. The van der Waals surface area contributed by atoms with Crippen LogP contribution < -0.4 is 10.6 Å². The standard InChI is InChI=1S/C13H16N6O/c20-13(12-8-15-5-6-16-12)18-10-7-17-19(9-10)11-1-3-14-4-2-11/h5-9,11,14H,1-4H2,(H,18,20). The van der Waals surface area contributed by atoms with Gasteiger partial charge in [0.25, 0.3) is 5.91 Å². The Kier molecular flexibility index (Phi) is 3.69. The van der Waals surface area contributed by atoms with Crippen molar-refractivity contribution in [2.75, 3.05) is 18.4 Å². The third-order valence-corrected chi connectivity index (χ3v) is 3.34. The van der Waals surface area contributed by atoms with Crippen LogP contribution in [0.2, 0.25) is 0 Å². The first-order valence-corrected chi connectivity index (χ1v) is 6.65. The van der Waals surface area contributed by atoms with E-state index in [4.69, 9.17) is 0 Å². The van der Waals surface area contributed by atoms with E-state index in [1.54, 1.807) is 6.20 Å². The second-order valence-electron chi connectivity index (χ2n) is 4.73. The molecule has 2 aromatic rings. The number of carbonyl (C=O) groups is 1. The molecular formula is C13H16N6O. The minimum atomic E-state index is -0.275. The molecular weight excluding hydrogens is 256 g/mol. The van der Waals surface area contributed by atoms with E-state index in [9.17, 15) is 4.79 Å². The highest BCUT2D eigenvalue weighted by Gasteiger charge is 2.16. The molecule has 0 radical (unpaired) electrons. The zero-order valence-electron chi connectivity index (χ0n) is 11.0. The van der Waals surface area contributed by atoms with E-state index in [2.05, 4.69) is 25.7 Å². The first-order valence-electron chi connectivity index (χ1n) is 6.65. The van der Waals surface area contributed by atoms with Gasteiger partial charge in [-0.2, -0.15) is 5.10 Å². The number of amides is 1. The summed E-state index contributed by atoms with van der Waals surface area (Å²) in [4.78, 5) is 19.8. The maximum Gasteiger partial charge on any atom is 0.275 e. The van der Waals surface area contributed by atoms with Crippen molar-refractivity contribution in [3.05, 3.63) is 36.7 Å². The molecule has 3 rings (SSSR count). The van der Waals surface area contributed by atoms with E-state index < -0.39 is 0 Å². The van der Waals surface area contributed by atoms with Gasteiger partial charge in [-0.1, -0.05) is 0 Å². The normalized spacial score (nSPS) is 16.0. The molecule has 0 aromatic carbocycles. The molecule has 1 amide bonds. The maximum atomic E-state index is 11.9. The molecule has 0 unspecified atom stereocenters. The number of nitrogens with zero attached hydrogens (tertiary/aromatic N) is 4. The van der Waals surface area contributed by atoms with Crippen LogP contribution in [0.1, 0.15) is 29.4 Å². The Morgan fingerprint density at radius 1 is 1.30 bits per heavy atom. The van der Waals surface area contributed by atoms with Gasteiger partial charge >= 0.3 is 0 Å². The summed E-state index contributed by atoms with van der Waals surface area (Å²) >= 11 is 0. The first kappa shape index (κ1) is 12.7. The number of aromatic nitrogens is 4. The summed E-state index contributed by atoms with van der Waals surface area (Å²) in [5, 5.41) is 10.4. The van der Waals surface area contributed by atoms with E-state index in [-0.39, 0.29) is 5.91 Å². The second-order valence-corrected chi connectivity index (χ2v) is 4.73. The van der Waals surface area contributed by atoms with Crippen LogP contribution in [0, 0.1) is 0 Å². The molecule has 1 aliphatic rings. The minimum Gasteiger partial charge on any atom is -0.318 e. The summed E-state index contributed by atoms with van der Waals surface area (Å²) in [5.74, 6) is -0.275. The Morgan fingerprint density at radius 3 is 2.90 bits per heavy atom. The molecule has 0 atom stereocenters. The van der Waals surface area contributed by atoms with E-state index in [0.717, 1.165) is 25.9 Å². The predicted molar refractivity (Wildman–Crippen MR) is 73.4 cm³/mol. The predicted octanol–water partition coefficient (Wildman–Crippen LogP) is 0.850. The van der Waals surface area contributed by atoms with Crippen LogP contribution in [0.4, 0.5) is 5.69 Å². The Bertz CT molecular complexity index is 576. The lowest BCUT2D eigenvalue weighted by atomic mass is 10.1. The van der Waals surface area contributed by atoms with Crippen LogP contribution in [0.5, 0.6) is 0 Å². The zero-order valence-corrected chi connectivity index (χ0v) is 11.0. The molecule has 0 bridgehead atoms. The number of anilines is 1. The third kappa shape index (κ3) is 2.83. The van der Waals surface area contributed by atoms with E-state index in [1.807, 2.05) is 10.9 Å². The fourth-order valence-corrected chi connectivity index (χ4v) is 2.28. The number of rotatable bonds is 3. The van der Waals surface area contributed by atoms with Crippen molar-refractivity contribution >= 4 is 11.6 Å². The number of piperidine rings is 1. The largest absolute Gasteiger partial charge is 0.318 e. The highest BCUT2D eigenvalue weighted by molar-refractivity contribution is 6.02. The Labute approximate surface area is 116 Å². The van der Waals surface area contributed by atoms with E-state index >= 15 is 0 Å². The van der Waals surface area contributed by atoms with Crippen LogP contribution >= 0.6 is 0 Å². The molecule has 3 heterocycles. The molecule has 1 saturated heterocycles. The van der Waals surface area contributed by atoms with Gasteiger partial charge in [-0.05, 0) is 25.9 Å². The van der Waals surface area contributed by atoms with Gasteiger partial charge in [-0.15, -0.1) is 0 Å². The lowest BCUT2D eigenvalue weighted by molar-refractivity contribution is 0.102. The monoisotopic (exact) mass is 272 g/mol. The summed E-state index contributed by atoms with van der Waals surface area (Å²) in [6, 6.07) is 0.401. The maximum absolute atomic E-state index is 11.9. The van der Waals surface area contributed by atoms with Gasteiger partial charge in [0.1, 0.15) is 5.69 Å². The summed E-state index contributed by atoms with van der Waals surface area (Å²) < 4.78 is 1.92. The van der Waals surface area contributed by atoms with Gasteiger partial charge in [-0.3, -0.25) is 14.5 Å². The molecule has 7 nitrogen and oxygen atoms in total. The van der Waals surface area contributed by atoms with Crippen LogP contribution in [-0.2, 0) is 0 Å². The van der Waals surface area contributed by atoms with E-state index in [1.165, 1.54) is 18.6 Å². The molecule has 104 valence electrons. The third-order valence-electron chi connectivity index (χ3n) is 3.34. The Morgan fingerprint density at radius 2 is 2.15 bits per heavy atom. The van der Waals surface area contributed by atoms with E-state index in [0.29, 0.717) is 17.4 Å². The summed E-state index contributed by atoms with van der Waals surface area (Å²) in [6.45, 7) is 2.01. The molecule has 0 spiro atoms. The minimum absolute atomic E-state index is 0.275. The Balaban J connectivity index is 1.66. The lowest BCUT2D eigenvalue weighted by Gasteiger charge is -2.22.